The molecule has 11 heteroatoms. The van der Waals surface area contributed by atoms with Crippen molar-refractivity contribution in [1.82, 2.24) is 14.4 Å². The zero-order valence-corrected chi connectivity index (χ0v) is 16.2. The second kappa shape index (κ2) is 7.80. The average molecular weight is 441 g/mol. The van der Waals surface area contributed by atoms with Gasteiger partial charge in [-0.2, -0.15) is 9.29 Å². The van der Waals surface area contributed by atoms with Crippen molar-refractivity contribution in [2.24, 2.45) is 0 Å². The Morgan fingerprint density at radius 2 is 1.87 bits per heavy atom. The standard InChI is InChI=1S/C19H15F4N3O3S/c20-13-5-1-3-11(9-13)18-24-19(29-25-18)12-4-2-8-26(10-12)30(27,28)15-7-6-14(21)16(22)17(15)23/h1,3,5-7,9,12H,2,4,8,10H2. The molecule has 1 aliphatic heterocycles. The van der Waals surface area contributed by atoms with Crippen molar-refractivity contribution < 1.29 is 30.5 Å². The number of benzene rings is 2. The second-order valence-corrected chi connectivity index (χ2v) is 8.75. The summed E-state index contributed by atoms with van der Waals surface area (Å²) in [6.45, 7) is -0.0340. The van der Waals surface area contributed by atoms with Crippen LogP contribution in [0.4, 0.5) is 17.6 Å². The number of sulfonamides is 1. The van der Waals surface area contributed by atoms with E-state index in [0.717, 1.165) is 4.31 Å². The van der Waals surface area contributed by atoms with Crippen LogP contribution in [0.2, 0.25) is 0 Å². The fraction of sp³-hybridized carbons (Fsp3) is 0.263. The van der Waals surface area contributed by atoms with Crippen molar-refractivity contribution in [2.45, 2.75) is 23.7 Å². The van der Waals surface area contributed by atoms with Gasteiger partial charge in [0.2, 0.25) is 21.7 Å². The van der Waals surface area contributed by atoms with E-state index in [1.807, 2.05) is 0 Å². The van der Waals surface area contributed by atoms with Gasteiger partial charge in [-0.25, -0.2) is 26.0 Å². The van der Waals surface area contributed by atoms with Crippen LogP contribution >= 0.6 is 0 Å². The first-order chi connectivity index (χ1) is 14.3. The molecule has 2 aromatic carbocycles. The molecular formula is C19H15F4N3O3S. The van der Waals surface area contributed by atoms with Gasteiger partial charge in [0.25, 0.3) is 0 Å². The van der Waals surface area contributed by atoms with Crippen molar-refractivity contribution >= 4 is 10.0 Å². The fourth-order valence-electron chi connectivity index (χ4n) is 3.35. The Morgan fingerprint density at radius 3 is 2.63 bits per heavy atom. The van der Waals surface area contributed by atoms with Gasteiger partial charge in [0.05, 0.1) is 5.92 Å². The van der Waals surface area contributed by atoms with Gasteiger partial charge in [0.15, 0.2) is 17.5 Å². The first-order valence-corrected chi connectivity index (χ1v) is 10.4. The van der Waals surface area contributed by atoms with E-state index in [4.69, 9.17) is 4.52 Å². The number of nitrogens with zero attached hydrogens (tertiary/aromatic N) is 3. The number of hydrogen-bond acceptors (Lipinski definition) is 5. The predicted octanol–water partition coefficient (Wildman–Crippen LogP) is 3.86. The molecule has 2 heterocycles. The normalized spacial score (nSPS) is 17.9. The summed E-state index contributed by atoms with van der Waals surface area (Å²) in [5.41, 5.74) is 0.397. The van der Waals surface area contributed by atoms with E-state index in [1.165, 1.54) is 18.2 Å². The summed E-state index contributed by atoms with van der Waals surface area (Å²) in [6, 6.07) is 6.86. The van der Waals surface area contributed by atoms with Crippen LogP contribution in [0.25, 0.3) is 11.4 Å². The molecule has 4 rings (SSSR count). The molecule has 1 aliphatic rings. The van der Waals surface area contributed by atoms with E-state index >= 15 is 0 Å². The molecule has 6 nitrogen and oxygen atoms in total. The van der Waals surface area contributed by atoms with Crippen LogP contribution in [0.1, 0.15) is 24.7 Å². The molecule has 0 N–H and O–H groups in total. The van der Waals surface area contributed by atoms with Gasteiger partial charge >= 0.3 is 0 Å². The average Bonchev–Trinajstić information content (AvgIpc) is 3.22. The Morgan fingerprint density at radius 1 is 1.07 bits per heavy atom. The number of rotatable bonds is 4. The Bertz CT molecular complexity index is 1200. The summed E-state index contributed by atoms with van der Waals surface area (Å²) in [7, 11) is -4.41. The largest absolute Gasteiger partial charge is 0.339 e. The first kappa shape index (κ1) is 20.5. The highest BCUT2D eigenvalue weighted by Crippen LogP contribution is 2.32. The highest BCUT2D eigenvalue weighted by atomic mass is 32.2. The first-order valence-electron chi connectivity index (χ1n) is 9.00. The van der Waals surface area contributed by atoms with Crippen molar-refractivity contribution in [3.05, 3.63) is 65.6 Å². The highest BCUT2D eigenvalue weighted by molar-refractivity contribution is 7.89. The Hall–Kier alpha value is -2.79. The summed E-state index contributed by atoms with van der Waals surface area (Å²) in [4.78, 5) is 3.29. The number of hydrogen-bond donors (Lipinski definition) is 0. The maximum atomic E-state index is 14.1. The smallest absolute Gasteiger partial charge is 0.246 e. The Balaban J connectivity index is 1.59. The van der Waals surface area contributed by atoms with Crippen LogP contribution in [0.15, 0.2) is 45.8 Å². The van der Waals surface area contributed by atoms with E-state index in [1.54, 1.807) is 6.07 Å². The van der Waals surface area contributed by atoms with E-state index in [9.17, 15) is 26.0 Å². The number of aromatic nitrogens is 2. The lowest BCUT2D eigenvalue weighted by atomic mass is 10.00. The molecule has 0 amide bonds. The quantitative estimate of drug-likeness (QED) is 0.454. The minimum atomic E-state index is -4.41. The van der Waals surface area contributed by atoms with E-state index in [0.29, 0.717) is 30.5 Å². The molecule has 30 heavy (non-hydrogen) atoms. The molecule has 0 saturated carbocycles. The summed E-state index contributed by atoms with van der Waals surface area (Å²) >= 11 is 0. The van der Waals surface area contributed by atoms with Gasteiger partial charge in [-0.05, 0) is 37.1 Å². The molecule has 0 radical (unpaired) electrons. The minimum absolute atomic E-state index is 0.0716. The third kappa shape index (κ3) is 3.70. The van der Waals surface area contributed by atoms with E-state index in [-0.39, 0.29) is 24.8 Å². The lowest BCUT2D eigenvalue weighted by Gasteiger charge is -2.30. The van der Waals surface area contributed by atoms with Crippen LogP contribution in [0, 0.1) is 23.3 Å². The summed E-state index contributed by atoms with van der Waals surface area (Å²) in [5, 5.41) is 3.81. The van der Waals surface area contributed by atoms with Gasteiger partial charge in [-0.3, -0.25) is 0 Å². The van der Waals surface area contributed by atoms with E-state index in [2.05, 4.69) is 10.1 Å². The second-order valence-electron chi connectivity index (χ2n) is 6.84. The van der Waals surface area contributed by atoms with Crippen molar-refractivity contribution in [3.8, 4) is 11.4 Å². The summed E-state index contributed by atoms with van der Waals surface area (Å²) in [5.74, 6) is -5.74. The molecule has 1 aromatic heterocycles. The third-order valence-electron chi connectivity index (χ3n) is 4.88. The number of halogens is 4. The van der Waals surface area contributed by atoms with Crippen LogP contribution in [0.3, 0.4) is 0 Å². The van der Waals surface area contributed by atoms with Gasteiger partial charge in [0.1, 0.15) is 10.7 Å². The van der Waals surface area contributed by atoms with Crippen molar-refractivity contribution in [1.29, 1.82) is 0 Å². The molecule has 0 bridgehead atoms. The van der Waals surface area contributed by atoms with Crippen LogP contribution in [-0.4, -0.2) is 36.0 Å². The van der Waals surface area contributed by atoms with Crippen LogP contribution < -0.4 is 0 Å². The van der Waals surface area contributed by atoms with Gasteiger partial charge < -0.3 is 4.52 Å². The third-order valence-corrected chi connectivity index (χ3v) is 6.76. The SMILES string of the molecule is O=S(=O)(c1ccc(F)c(F)c1F)N1CCCC(c2nc(-c3cccc(F)c3)no2)C1. The fourth-order valence-corrected chi connectivity index (χ4v) is 4.93. The minimum Gasteiger partial charge on any atom is -0.339 e. The highest BCUT2D eigenvalue weighted by Gasteiger charge is 2.36. The van der Waals surface area contributed by atoms with Gasteiger partial charge in [-0.1, -0.05) is 17.3 Å². The van der Waals surface area contributed by atoms with Crippen LogP contribution in [0.5, 0.6) is 0 Å². The Labute approximate surface area is 169 Å². The lowest BCUT2D eigenvalue weighted by Crippen LogP contribution is -2.39. The molecule has 0 aliphatic carbocycles. The van der Waals surface area contributed by atoms with E-state index < -0.39 is 44.1 Å². The molecular weight excluding hydrogens is 426 g/mol. The zero-order chi connectivity index (χ0) is 21.5. The predicted molar refractivity (Wildman–Crippen MR) is 96.7 cm³/mol. The monoisotopic (exact) mass is 441 g/mol. The lowest BCUT2D eigenvalue weighted by molar-refractivity contribution is 0.265. The van der Waals surface area contributed by atoms with Crippen molar-refractivity contribution in [3.63, 3.8) is 0 Å². The van der Waals surface area contributed by atoms with Crippen molar-refractivity contribution in [2.75, 3.05) is 13.1 Å². The molecule has 1 saturated heterocycles. The van der Waals surface area contributed by atoms with Gasteiger partial charge in [0, 0.05) is 18.7 Å². The van der Waals surface area contributed by atoms with Gasteiger partial charge in [-0.15, -0.1) is 0 Å². The maximum Gasteiger partial charge on any atom is 0.246 e. The molecule has 3 aromatic rings. The maximum absolute atomic E-state index is 14.1. The topological polar surface area (TPSA) is 76.3 Å². The summed E-state index contributed by atoms with van der Waals surface area (Å²) in [6.07, 6.45) is 0.934. The number of piperidine rings is 1. The summed E-state index contributed by atoms with van der Waals surface area (Å²) < 4.78 is 86.0. The molecule has 1 fully saturated rings. The molecule has 0 spiro atoms. The zero-order valence-electron chi connectivity index (χ0n) is 15.4. The van der Waals surface area contributed by atoms with Crippen LogP contribution in [-0.2, 0) is 10.0 Å². The molecule has 1 atom stereocenters. The Kier molecular flexibility index (Phi) is 5.33. The molecule has 1 unspecified atom stereocenters. The molecule has 158 valence electrons.